The van der Waals surface area contributed by atoms with Crippen LogP contribution in [0.2, 0.25) is 0 Å². The molecule has 4 nitrogen and oxygen atoms in total. The summed E-state index contributed by atoms with van der Waals surface area (Å²) in [6, 6.07) is 8.03. The molecule has 0 atom stereocenters. The number of rotatable bonds is 6. The summed E-state index contributed by atoms with van der Waals surface area (Å²) in [4.78, 5) is 19.5. The Kier molecular flexibility index (Phi) is 5.07. The molecule has 0 saturated carbocycles. The fraction of sp³-hybridized carbons (Fsp3) is 0.375. The summed E-state index contributed by atoms with van der Waals surface area (Å²) in [5, 5.41) is 3.01. The number of nitrogens with zero attached hydrogens (tertiary/aromatic N) is 1. The van der Waals surface area contributed by atoms with Crippen molar-refractivity contribution in [3.05, 3.63) is 42.2 Å². The van der Waals surface area contributed by atoms with Crippen LogP contribution in [0.5, 0.6) is 0 Å². The molecule has 5 heteroatoms. The Labute approximate surface area is 129 Å². The van der Waals surface area contributed by atoms with Crippen molar-refractivity contribution in [3.63, 3.8) is 0 Å². The van der Waals surface area contributed by atoms with Crippen LogP contribution in [0.1, 0.15) is 19.4 Å². The van der Waals surface area contributed by atoms with Gasteiger partial charge in [-0.1, -0.05) is 32.0 Å². The van der Waals surface area contributed by atoms with Crippen molar-refractivity contribution in [2.24, 2.45) is 5.41 Å². The van der Waals surface area contributed by atoms with E-state index in [2.05, 4.69) is 15.3 Å². The van der Waals surface area contributed by atoms with Gasteiger partial charge in [-0.3, -0.25) is 4.79 Å². The summed E-state index contributed by atoms with van der Waals surface area (Å²) in [6.07, 6.45) is 5.55. The molecule has 2 N–H and O–H groups in total. The second kappa shape index (κ2) is 6.80. The molecule has 0 fully saturated rings. The van der Waals surface area contributed by atoms with Crippen LogP contribution in [0.25, 0.3) is 11.4 Å². The summed E-state index contributed by atoms with van der Waals surface area (Å²) in [5.74, 6) is 1.73. The van der Waals surface area contributed by atoms with Crippen LogP contribution in [0.3, 0.4) is 0 Å². The lowest BCUT2D eigenvalue weighted by atomic mass is 9.95. The van der Waals surface area contributed by atoms with E-state index >= 15 is 0 Å². The number of thioether (sulfide) groups is 1. The van der Waals surface area contributed by atoms with Crippen LogP contribution < -0.4 is 5.32 Å². The molecule has 21 heavy (non-hydrogen) atoms. The van der Waals surface area contributed by atoms with E-state index in [0.717, 1.165) is 22.7 Å². The first-order valence-electron chi connectivity index (χ1n) is 6.89. The van der Waals surface area contributed by atoms with Gasteiger partial charge in [0.25, 0.3) is 0 Å². The van der Waals surface area contributed by atoms with Crippen LogP contribution in [0.4, 0.5) is 0 Å². The number of amides is 1. The third-order valence-electron chi connectivity index (χ3n) is 3.27. The van der Waals surface area contributed by atoms with E-state index in [4.69, 9.17) is 0 Å². The lowest BCUT2D eigenvalue weighted by Gasteiger charge is -2.22. The Morgan fingerprint density at radius 2 is 2.24 bits per heavy atom. The second-order valence-electron chi connectivity index (χ2n) is 5.64. The van der Waals surface area contributed by atoms with Crippen LogP contribution in [0.15, 0.2) is 36.7 Å². The molecule has 1 aromatic carbocycles. The van der Waals surface area contributed by atoms with Gasteiger partial charge in [-0.05, 0) is 17.9 Å². The van der Waals surface area contributed by atoms with Crippen LogP contribution in [0, 0.1) is 5.41 Å². The Hall–Kier alpha value is -1.75. The number of aromatic nitrogens is 2. The highest BCUT2D eigenvalue weighted by molar-refractivity contribution is 7.98. The monoisotopic (exact) mass is 303 g/mol. The molecule has 0 spiro atoms. The molecule has 2 aromatic rings. The summed E-state index contributed by atoms with van der Waals surface area (Å²) in [5.41, 5.74) is 1.74. The van der Waals surface area contributed by atoms with Gasteiger partial charge in [-0.15, -0.1) is 0 Å². The number of carbonyl (C=O) groups excluding carboxylic acids is 1. The molecule has 0 aliphatic rings. The quantitative estimate of drug-likeness (QED) is 0.862. The number of imidazole rings is 1. The van der Waals surface area contributed by atoms with Gasteiger partial charge >= 0.3 is 0 Å². The van der Waals surface area contributed by atoms with Gasteiger partial charge in [0.2, 0.25) is 5.91 Å². The zero-order chi connectivity index (χ0) is 15.3. The van der Waals surface area contributed by atoms with E-state index in [9.17, 15) is 4.79 Å². The van der Waals surface area contributed by atoms with Crippen molar-refractivity contribution in [2.75, 3.05) is 12.0 Å². The molecule has 0 radical (unpaired) electrons. The minimum atomic E-state index is -0.349. The highest BCUT2D eigenvalue weighted by atomic mass is 32.2. The van der Waals surface area contributed by atoms with Gasteiger partial charge in [-0.2, -0.15) is 11.8 Å². The van der Waals surface area contributed by atoms with Crippen molar-refractivity contribution in [2.45, 2.75) is 20.4 Å². The van der Waals surface area contributed by atoms with Crippen molar-refractivity contribution < 1.29 is 4.79 Å². The predicted molar refractivity (Wildman–Crippen MR) is 88.0 cm³/mol. The van der Waals surface area contributed by atoms with E-state index in [-0.39, 0.29) is 11.3 Å². The van der Waals surface area contributed by atoms with Gasteiger partial charge < -0.3 is 10.3 Å². The Morgan fingerprint density at radius 3 is 2.90 bits per heavy atom. The minimum Gasteiger partial charge on any atom is -0.352 e. The zero-order valence-corrected chi connectivity index (χ0v) is 13.5. The molecular formula is C16H21N3OS. The maximum atomic E-state index is 12.2. The standard InChI is InChI=1S/C16H21N3OS/c1-16(2,11-21-3)15(20)19-10-12-5-4-6-13(9-12)14-17-7-8-18-14/h4-9H,10-11H2,1-3H3,(H,17,18)(H,19,20). The number of hydrogen-bond acceptors (Lipinski definition) is 3. The number of benzene rings is 1. The first kappa shape index (κ1) is 15.6. The number of nitrogens with one attached hydrogen (secondary N) is 2. The second-order valence-corrected chi connectivity index (χ2v) is 6.50. The maximum Gasteiger partial charge on any atom is 0.226 e. The number of H-pyrrole nitrogens is 1. The van der Waals surface area contributed by atoms with Crippen molar-refractivity contribution in [1.82, 2.24) is 15.3 Å². The Bertz CT molecular complexity index is 593. The SMILES string of the molecule is CSCC(C)(C)C(=O)NCc1cccc(-c2ncc[nH]2)c1. The fourth-order valence-corrected chi connectivity index (χ4v) is 2.95. The van der Waals surface area contributed by atoms with E-state index in [1.54, 1.807) is 24.2 Å². The van der Waals surface area contributed by atoms with E-state index in [1.807, 2.05) is 44.4 Å². The molecule has 0 bridgehead atoms. The molecule has 0 aliphatic carbocycles. The molecule has 1 heterocycles. The molecule has 2 rings (SSSR count). The molecule has 0 aliphatic heterocycles. The molecule has 112 valence electrons. The van der Waals surface area contributed by atoms with E-state index in [0.29, 0.717) is 6.54 Å². The average Bonchev–Trinajstić information content (AvgIpc) is 2.99. The number of hydrogen-bond donors (Lipinski definition) is 2. The predicted octanol–water partition coefficient (Wildman–Crippen LogP) is 3.08. The zero-order valence-electron chi connectivity index (χ0n) is 12.6. The lowest BCUT2D eigenvalue weighted by Crippen LogP contribution is -2.38. The van der Waals surface area contributed by atoms with Crippen LogP contribution in [-0.2, 0) is 11.3 Å². The summed E-state index contributed by atoms with van der Waals surface area (Å²) < 4.78 is 0. The number of carbonyl (C=O) groups is 1. The molecule has 0 unspecified atom stereocenters. The fourth-order valence-electron chi connectivity index (χ4n) is 2.10. The number of aromatic amines is 1. The van der Waals surface area contributed by atoms with Gasteiger partial charge in [0, 0.05) is 30.3 Å². The van der Waals surface area contributed by atoms with Crippen LogP contribution in [-0.4, -0.2) is 27.9 Å². The third kappa shape index (κ3) is 4.11. The van der Waals surface area contributed by atoms with Gasteiger partial charge in [0.05, 0.1) is 5.41 Å². The maximum absolute atomic E-state index is 12.2. The minimum absolute atomic E-state index is 0.0836. The van der Waals surface area contributed by atoms with Gasteiger partial charge in [-0.25, -0.2) is 4.98 Å². The first-order valence-corrected chi connectivity index (χ1v) is 8.28. The Balaban J connectivity index is 2.01. The summed E-state index contributed by atoms with van der Waals surface area (Å²) in [7, 11) is 0. The van der Waals surface area contributed by atoms with Gasteiger partial charge in [0.15, 0.2) is 0 Å². The van der Waals surface area contributed by atoms with Crippen LogP contribution >= 0.6 is 11.8 Å². The molecule has 0 saturated heterocycles. The first-order chi connectivity index (χ1) is 10.0. The molecule has 1 aromatic heterocycles. The topological polar surface area (TPSA) is 57.8 Å². The summed E-state index contributed by atoms with van der Waals surface area (Å²) >= 11 is 1.69. The molecular weight excluding hydrogens is 282 g/mol. The highest BCUT2D eigenvalue weighted by Crippen LogP contribution is 2.21. The van der Waals surface area contributed by atoms with Crippen molar-refractivity contribution >= 4 is 17.7 Å². The normalized spacial score (nSPS) is 11.4. The van der Waals surface area contributed by atoms with E-state index in [1.165, 1.54) is 0 Å². The van der Waals surface area contributed by atoms with Crippen molar-refractivity contribution in [3.8, 4) is 11.4 Å². The highest BCUT2D eigenvalue weighted by Gasteiger charge is 2.26. The van der Waals surface area contributed by atoms with Crippen molar-refractivity contribution in [1.29, 1.82) is 0 Å². The summed E-state index contributed by atoms with van der Waals surface area (Å²) in [6.45, 7) is 4.47. The third-order valence-corrected chi connectivity index (χ3v) is 4.28. The van der Waals surface area contributed by atoms with Gasteiger partial charge in [0.1, 0.15) is 5.82 Å². The van der Waals surface area contributed by atoms with E-state index < -0.39 is 0 Å². The Morgan fingerprint density at radius 1 is 1.43 bits per heavy atom. The molecule has 1 amide bonds. The largest absolute Gasteiger partial charge is 0.352 e. The lowest BCUT2D eigenvalue weighted by molar-refractivity contribution is -0.128. The average molecular weight is 303 g/mol. The smallest absolute Gasteiger partial charge is 0.226 e.